The zero-order chi connectivity index (χ0) is 38.4. The predicted octanol–water partition coefficient (Wildman–Crippen LogP) is 6.32. The van der Waals surface area contributed by atoms with Crippen LogP contribution >= 0.6 is 0 Å². The van der Waals surface area contributed by atoms with Crippen LogP contribution in [0.15, 0.2) is 90.3 Å². The van der Waals surface area contributed by atoms with Crippen LogP contribution in [0.25, 0.3) is 17.1 Å². The van der Waals surface area contributed by atoms with Gasteiger partial charge in [0.2, 0.25) is 0 Å². The molecule has 0 spiro atoms. The molecule has 5 aromatic rings. The number of aliphatic imine (C=N–C) groups is 1. The number of benzene rings is 3. The molecule has 11 nitrogen and oxygen atoms in total. The molecule has 18 heteroatoms. The highest BCUT2D eigenvalue weighted by molar-refractivity contribution is 6.07. The lowest BCUT2D eigenvalue weighted by Gasteiger charge is -2.27. The van der Waals surface area contributed by atoms with Crippen LogP contribution in [0, 0.1) is 5.82 Å². The fraction of sp³-hybridized carbons (Fsp3) is 0.250. The van der Waals surface area contributed by atoms with E-state index >= 15 is 0 Å². The fourth-order valence-corrected chi connectivity index (χ4v) is 6.55. The van der Waals surface area contributed by atoms with Gasteiger partial charge in [0.15, 0.2) is 17.3 Å². The number of amides is 2. The number of fused-ring (bicyclic) bond motifs is 1. The van der Waals surface area contributed by atoms with Gasteiger partial charge in [0.1, 0.15) is 5.82 Å². The highest BCUT2D eigenvalue weighted by atomic mass is 19.4. The number of hydrogen-bond acceptors (Lipinski definition) is 8. The van der Waals surface area contributed by atoms with Gasteiger partial charge in [0.25, 0.3) is 11.8 Å². The summed E-state index contributed by atoms with van der Waals surface area (Å²) in [5, 5.41) is 8.15. The monoisotopic (exact) mass is 751 g/mol. The molecule has 3 aromatic carbocycles. The first-order valence-corrected chi connectivity index (χ1v) is 16.4. The third-order valence-corrected chi connectivity index (χ3v) is 9.18. The number of nitrogens with zero attached hydrogens (tertiary/aromatic N) is 8. The normalized spacial score (nSPS) is 17.2. The van der Waals surface area contributed by atoms with Crippen LogP contribution < -0.4 is 5.73 Å². The highest BCUT2D eigenvalue weighted by Gasteiger charge is 2.49. The van der Waals surface area contributed by atoms with Gasteiger partial charge >= 0.3 is 12.4 Å². The molecule has 2 aliphatic rings. The molecule has 54 heavy (non-hydrogen) atoms. The standard InChI is InChI=1S/C36H28F7N9O2/c37-25-7-5-24(6-8-25)34(12-1-13-35(38,39)40)32(54)51(33(44)49-34)18-21-2-11-28(36(41,42)43)27(16-21)31(53)50-19-23-17-45-30(48-29(23)20-50)22-3-9-26(10-4-22)52-46-14-15-47-52/h2-11,14-17H,1,12-13,18-20H2,(H2,44,49)/t34-/m1/s1. The molecule has 2 aromatic heterocycles. The van der Waals surface area contributed by atoms with Crippen molar-refractivity contribution in [2.75, 3.05) is 0 Å². The minimum atomic E-state index is -4.93. The van der Waals surface area contributed by atoms with Crippen molar-refractivity contribution < 1.29 is 40.3 Å². The highest BCUT2D eigenvalue weighted by Crippen LogP contribution is 2.40. The van der Waals surface area contributed by atoms with E-state index in [2.05, 4.69) is 25.2 Å². The van der Waals surface area contributed by atoms with Crippen molar-refractivity contribution in [3.63, 3.8) is 0 Å². The summed E-state index contributed by atoms with van der Waals surface area (Å²) < 4.78 is 95.8. The molecule has 0 saturated carbocycles. The maximum absolute atomic E-state index is 14.3. The van der Waals surface area contributed by atoms with E-state index < -0.39 is 78.4 Å². The number of carbonyl (C=O) groups is 2. The molecule has 278 valence electrons. The van der Waals surface area contributed by atoms with E-state index in [0.29, 0.717) is 28.3 Å². The molecule has 2 N–H and O–H groups in total. The van der Waals surface area contributed by atoms with E-state index in [0.717, 1.165) is 35.2 Å². The molecule has 0 fully saturated rings. The summed E-state index contributed by atoms with van der Waals surface area (Å²) in [6.07, 6.45) is -7.05. The summed E-state index contributed by atoms with van der Waals surface area (Å²) in [5.74, 6) is -2.53. The molecule has 0 radical (unpaired) electrons. The molecule has 2 aliphatic heterocycles. The SMILES string of the molecule is NC1=N[C@](CCCC(F)(F)F)(c2ccc(F)cc2)C(=O)N1Cc1ccc(C(F)(F)F)c(C(=O)N2Cc3cnc(-c4ccc(-n5nccn5)cc4)nc3C2)c1. The van der Waals surface area contributed by atoms with Gasteiger partial charge in [-0.3, -0.25) is 14.5 Å². The van der Waals surface area contributed by atoms with Gasteiger partial charge in [-0.05, 0) is 72.5 Å². The lowest BCUT2D eigenvalue weighted by Crippen LogP contribution is -2.42. The quantitative estimate of drug-likeness (QED) is 0.174. The Bertz CT molecular complexity index is 2240. The smallest absolute Gasteiger partial charge is 0.369 e. The second kappa shape index (κ2) is 13.7. The van der Waals surface area contributed by atoms with Crippen LogP contribution in [-0.2, 0) is 36.1 Å². The number of aromatic nitrogens is 5. The second-order valence-electron chi connectivity index (χ2n) is 12.8. The fourth-order valence-electron chi connectivity index (χ4n) is 6.55. The topological polar surface area (TPSA) is 135 Å². The van der Waals surface area contributed by atoms with Crippen LogP contribution in [-0.4, -0.2) is 58.7 Å². The van der Waals surface area contributed by atoms with E-state index in [1.165, 1.54) is 40.4 Å². The van der Waals surface area contributed by atoms with Crippen LogP contribution in [0.4, 0.5) is 30.7 Å². The maximum atomic E-state index is 14.3. The number of rotatable bonds is 9. The van der Waals surface area contributed by atoms with Gasteiger partial charge in [-0.15, -0.1) is 0 Å². The molecule has 2 amide bonds. The lowest BCUT2D eigenvalue weighted by molar-refractivity contribution is -0.139. The number of guanidine groups is 1. The Morgan fingerprint density at radius 3 is 2.28 bits per heavy atom. The van der Waals surface area contributed by atoms with Gasteiger partial charge in [-0.2, -0.15) is 41.3 Å². The molecule has 0 saturated heterocycles. The Morgan fingerprint density at radius 1 is 0.907 bits per heavy atom. The minimum Gasteiger partial charge on any atom is -0.369 e. The zero-order valence-electron chi connectivity index (χ0n) is 27.9. The van der Waals surface area contributed by atoms with Gasteiger partial charge in [0, 0.05) is 30.3 Å². The molecular weight excluding hydrogens is 723 g/mol. The molecule has 0 aliphatic carbocycles. The van der Waals surface area contributed by atoms with Gasteiger partial charge in [-0.1, -0.05) is 18.2 Å². The summed E-state index contributed by atoms with van der Waals surface area (Å²) in [6.45, 7) is -0.635. The Balaban J connectivity index is 1.13. The van der Waals surface area contributed by atoms with Crippen LogP contribution in [0.2, 0.25) is 0 Å². The number of carbonyl (C=O) groups excluding carboxylic acids is 2. The Kier molecular flexibility index (Phi) is 9.14. The maximum Gasteiger partial charge on any atom is 0.417 e. The van der Waals surface area contributed by atoms with Crippen molar-refractivity contribution in [3.8, 4) is 17.1 Å². The van der Waals surface area contributed by atoms with E-state index in [-0.39, 0.29) is 24.2 Å². The van der Waals surface area contributed by atoms with Crippen LogP contribution in [0.3, 0.4) is 0 Å². The van der Waals surface area contributed by atoms with Crippen LogP contribution in [0.5, 0.6) is 0 Å². The zero-order valence-corrected chi connectivity index (χ0v) is 27.9. The lowest BCUT2D eigenvalue weighted by atomic mass is 9.84. The van der Waals surface area contributed by atoms with Crippen molar-refractivity contribution in [1.82, 2.24) is 34.8 Å². The summed E-state index contributed by atoms with van der Waals surface area (Å²) in [7, 11) is 0. The van der Waals surface area contributed by atoms with Gasteiger partial charge in [0.05, 0.1) is 48.0 Å². The second-order valence-corrected chi connectivity index (χ2v) is 12.8. The minimum absolute atomic E-state index is 0.0654. The summed E-state index contributed by atoms with van der Waals surface area (Å²) in [4.78, 5) is 44.5. The molecule has 0 unspecified atom stereocenters. The van der Waals surface area contributed by atoms with Crippen molar-refractivity contribution in [1.29, 1.82) is 0 Å². The van der Waals surface area contributed by atoms with E-state index in [4.69, 9.17) is 5.73 Å². The van der Waals surface area contributed by atoms with Crippen molar-refractivity contribution in [3.05, 3.63) is 125 Å². The van der Waals surface area contributed by atoms with Crippen molar-refractivity contribution in [2.24, 2.45) is 10.7 Å². The summed E-state index contributed by atoms with van der Waals surface area (Å²) in [5.41, 5.74) is 4.78. The first-order valence-electron chi connectivity index (χ1n) is 16.4. The number of halogens is 7. The molecule has 0 bridgehead atoms. The van der Waals surface area contributed by atoms with Crippen molar-refractivity contribution >= 4 is 17.8 Å². The summed E-state index contributed by atoms with van der Waals surface area (Å²) in [6, 6.07) is 14.3. The first kappa shape index (κ1) is 36.2. The average Bonchev–Trinajstić information content (AvgIpc) is 3.87. The van der Waals surface area contributed by atoms with E-state index in [1.807, 2.05) is 0 Å². The average molecular weight is 752 g/mol. The number of hydrogen-bond donors (Lipinski definition) is 1. The van der Waals surface area contributed by atoms with Crippen LogP contribution in [0.1, 0.15) is 57.6 Å². The first-order chi connectivity index (χ1) is 25.6. The Morgan fingerprint density at radius 2 is 1.61 bits per heavy atom. The third-order valence-electron chi connectivity index (χ3n) is 9.18. The number of alkyl halides is 6. The number of nitrogens with two attached hydrogens (primary N) is 1. The van der Waals surface area contributed by atoms with E-state index in [1.54, 1.807) is 24.3 Å². The molecule has 4 heterocycles. The predicted molar refractivity (Wildman–Crippen MR) is 178 cm³/mol. The molecular formula is C36H28F7N9O2. The Labute approximate surface area is 301 Å². The molecule has 1 atom stereocenters. The van der Waals surface area contributed by atoms with Crippen molar-refractivity contribution in [2.45, 2.75) is 56.8 Å². The van der Waals surface area contributed by atoms with E-state index in [9.17, 15) is 40.3 Å². The van der Waals surface area contributed by atoms with Gasteiger partial charge in [-0.25, -0.2) is 19.4 Å². The summed E-state index contributed by atoms with van der Waals surface area (Å²) >= 11 is 0. The molecule has 7 rings (SSSR count). The Hall–Kier alpha value is -6.20. The largest absolute Gasteiger partial charge is 0.417 e. The third kappa shape index (κ3) is 7.10. The van der Waals surface area contributed by atoms with Gasteiger partial charge < -0.3 is 10.6 Å².